The highest BCUT2D eigenvalue weighted by atomic mass is 16.5. The molecule has 1 aromatic carbocycles. The van der Waals surface area contributed by atoms with Crippen molar-refractivity contribution in [1.29, 1.82) is 0 Å². The lowest BCUT2D eigenvalue weighted by Gasteiger charge is -2.29. The van der Waals surface area contributed by atoms with Gasteiger partial charge in [-0.1, -0.05) is 12.1 Å². The molecule has 1 aromatic heterocycles. The molecule has 0 spiro atoms. The van der Waals surface area contributed by atoms with Gasteiger partial charge in [0.2, 0.25) is 0 Å². The second-order valence-electron chi connectivity index (χ2n) is 6.47. The summed E-state index contributed by atoms with van der Waals surface area (Å²) in [6.07, 6.45) is 3.52. The Balaban J connectivity index is 1.51. The minimum absolute atomic E-state index is 0.299. The Hall–Kier alpha value is -3.36. The van der Waals surface area contributed by atoms with Crippen LogP contribution in [-0.4, -0.2) is 59.0 Å². The standard InChI is InChI=1S/C19H22N4O5/c1-27-18(24)22-16-4-2-14(3-5-16)15-10-20-17(21-11-15)28-12-13-6-8-23(9-7-13)19(25)26/h2-5,10-11,13H,6-9,12H2,1H3,(H,22,24)(H,25,26). The van der Waals surface area contributed by atoms with Crippen LogP contribution in [0.2, 0.25) is 0 Å². The summed E-state index contributed by atoms with van der Waals surface area (Å²) in [5, 5.41) is 11.6. The summed E-state index contributed by atoms with van der Waals surface area (Å²) in [5.74, 6) is 0.300. The summed E-state index contributed by atoms with van der Waals surface area (Å²) in [7, 11) is 1.31. The molecule has 0 radical (unpaired) electrons. The van der Waals surface area contributed by atoms with Gasteiger partial charge >= 0.3 is 18.2 Å². The van der Waals surface area contributed by atoms with Crippen molar-refractivity contribution in [2.24, 2.45) is 5.92 Å². The van der Waals surface area contributed by atoms with Crippen LogP contribution in [0.15, 0.2) is 36.7 Å². The SMILES string of the molecule is COC(=O)Nc1ccc(-c2cnc(OCC3CCN(C(=O)O)CC3)nc2)cc1. The zero-order valence-corrected chi connectivity index (χ0v) is 15.5. The van der Waals surface area contributed by atoms with Crippen LogP contribution in [0.3, 0.4) is 0 Å². The zero-order valence-electron chi connectivity index (χ0n) is 15.5. The van der Waals surface area contributed by atoms with Crippen molar-refractivity contribution >= 4 is 17.9 Å². The first-order valence-corrected chi connectivity index (χ1v) is 8.93. The molecule has 9 heteroatoms. The number of methoxy groups -OCH3 is 1. The lowest BCUT2D eigenvalue weighted by molar-refractivity contribution is 0.110. The Bertz CT molecular complexity index is 802. The molecule has 28 heavy (non-hydrogen) atoms. The average Bonchev–Trinajstić information content (AvgIpc) is 2.73. The van der Waals surface area contributed by atoms with E-state index in [1.54, 1.807) is 24.5 Å². The van der Waals surface area contributed by atoms with Crippen LogP contribution in [-0.2, 0) is 4.74 Å². The van der Waals surface area contributed by atoms with E-state index in [1.165, 1.54) is 12.0 Å². The summed E-state index contributed by atoms with van der Waals surface area (Å²) in [6, 6.07) is 7.52. The number of carboxylic acid groups (broad SMARTS) is 1. The fourth-order valence-electron chi connectivity index (χ4n) is 2.94. The first kappa shape index (κ1) is 19.4. The lowest BCUT2D eigenvalue weighted by atomic mass is 9.98. The number of likely N-dealkylation sites (tertiary alicyclic amines) is 1. The highest BCUT2D eigenvalue weighted by Crippen LogP contribution is 2.22. The largest absolute Gasteiger partial charge is 0.465 e. The third-order valence-electron chi connectivity index (χ3n) is 4.61. The number of carbonyl (C=O) groups is 2. The predicted molar refractivity (Wildman–Crippen MR) is 101 cm³/mol. The molecule has 148 valence electrons. The number of aromatic nitrogens is 2. The van der Waals surface area contributed by atoms with E-state index in [4.69, 9.17) is 9.84 Å². The predicted octanol–water partition coefficient (Wildman–Crippen LogP) is 3.09. The summed E-state index contributed by atoms with van der Waals surface area (Å²) in [4.78, 5) is 32.0. The number of hydrogen-bond acceptors (Lipinski definition) is 6. The molecule has 2 amide bonds. The minimum Gasteiger partial charge on any atom is -0.465 e. The Labute approximate surface area is 162 Å². The molecule has 0 aliphatic carbocycles. The van der Waals surface area contributed by atoms with E-state index >= 15 is 0 Å². The second-order valence-corrected chi connectivity index (χ2v) is 6.47. The van der Waals surface area contributed by atoms with Crippen LogP contribution in [0.4, 0.5) is 15.3 Å². The van der Waals surface area contributed by atoms with E-state index < -0.39 is 12.2 Å². The molecule has 3 rings (SSSR count). The number of piperidine rings is 1. The number of amides is 2. The van der Waals surface area contributed by atoms with E-state index in [9.17, 15) is 9.59 Å². The Kier molecular flexibility index (Phi) is 6.25. The van der Waals surface area contributed by atoms with Gasteiger partial charge in [0.05, 0.1) is 13.7 Å². The first-order chi connectivity index (χ1) is 13.5. The number of carbonyl (C=O) groups excluding carboxylic acids is 1. The fourth-order valence-corrected chi connectivity index (χ4v) is 2.94. The molecular formula is C19H22N4O5. The van der Waals surface area contributed by atoms with Gasteiger partial charge in [-0.05, 0) is 36.5 Å². The third-order valence-corrected chi connectivity index (χ3v) is 4.61. The van der Waals surface area contributed by atoms with Gasteiger partial charge < -0.3 is 19.5 Å². The van der Waals surface area contributed by atoms with Gasteiger partial charge in [-0.25, -0.2) is 19.6 Å². The van der Waals surface area contributed by atoms with Crippen molar-refractivity contribution in [1.82, 2.24) is 14.9 Å². The molecule has 2 heterocycles. The summed E-state index contributed by atoms with van der Waals surface area (Å²) in [5.41, 5.74) is 2.36. The Morgan fingerprint density at radius 2 is 1.79 bits per heavy atom. The third kappa shape index (κ3) is 5.09. The number of hydrogen-bond donors (Lipinski definition) is 2. The molecular weight excluding hydrogens is 364 g/mol. The number of nitrogens with one attached hydrogen (secondary N) is 1. The van der Waals surface area contributed by atoms with Gasteiger partial charge in [-0.2, -0.15) is 0 Å². The van der Waals surface area contributed by atoms with Crippen LogP contribution in [0.5, 0.6) is 6.01 Å². The molecule has 1 fully saturated rings. The zero-order chi connectivity index (χ0) is 19.9. The van der Waals surface area contributed by atoms with E-state index in [2.05, 4.69) is 20.0 Å². The van der Waals surface area contributed by atoms with Crippen molar-refractivity contribution in [3.63, 3.8) is 0 Å². The summed E-state index contributed by atoms with van der Waals surface area (Å²) < 4.78 is 10.2. The van der Waals surface area contributed by atoms with E-state index in [0.717, 1.165) is 24.0 Å². The average molecular weight is 386 g/mol. The molecule has 0 bridgehead atoms. The fraction of sp³-hybridized carbons (Fsp3) is 0.368. The summed E-state index contributed by atoms with van der Waals surface area (Å²) >= 11 is 0. The Morgan fingerprint density at radius 3 is 2.36 bits per heavy atom. The molecule has 2 aromatic rings. The van der Waals surface area contributed by atoms with E-state index in [-0.39, 0.29) is 0 Å². The van der Waals surface area contributed by atoms with E-state index in [1.807, 2.05) is 12.1 Å². The van der Waals surface area contributed by atoms with Gasteiger partial charge in [0.25, 0.3) is 0 Å². The maximum Gasteiger partial charge on any atom is 0.411 e. The maximum atomic E-state index is 11.2. The van der Waals surface area contributed by atoms with Crippen molar-refractivity contribution in [3.8, 4) is 17.1 Å². The van der Waals surface area contributed by atoms with Crippen LogP contribution < -0.4 is 10.1 Å². The highest BCUT2D eigenvalue weighted by molar-refractivity contribution is 5.84. The summed E-state index contributed by atoms with van der Waals surface area (Å²) in [6.45, 7) is 1.54. The van der Waals surface area contributed by atoms with E-state index in [0.29, 0.717) is 37.3 Å². The number of benzene rings is 1. The number of anilines is 1. The molecule has 1 aliphatic rings. The number of ether oxygens (including phenoxy) is 2. The molecule has 1 aliphatic heterocycles. The molecule has 0 unspecified atom stereocenters. The van der Waals surface area contributed by atoms with Gasteiger partial charge in [0, 0.05) is 36.7 Å². The normalized spacial score (nSPS) is 14.4. The smallest absolute Gasteiger partial charge is 0.411 e. The quantitative estimate of drug-likeness (QED) is 0.811. The van der Waals surface area contributed by atoms with Gasteiger partial charge in [-0.15, -0.1) is 0 Å². The van der Waals surface area contributed by atoms with Crippen molar-refractivity contribution < 1.29 is 24.2 Å². The van der Waals surface area contributed by atoms with Crippen molar-refractivity contribution in [2.45, 2.75) is 12.8 Å². The van der Waals surface area contributed by atoms with Crippen LogP contribution in [0, 0.1) is 5.92 Å². The topological polar surface area (TPSA) is 114 Å². The van der Waals surface area contributed by atoms with Gasteiger partial charge in [0.15, 0.2) is 0 Å². The van der Waals surface area contributed by atoms with Crippen LogP contribution in [0.1, 0.15) is 12.8 Å². The number of nitrogens with zero attached hydrogens (tertiary/aromatic N) is 3. The second kappa shape index (κ2) is 9.03. The molecule has 0 atom stereocenters. The maximum absolute atomic E-state index is 11.2. The molecule has 9 nitrogen and oxygen atoms in total. The van der Waals surface area contributed by atoms with Crippen LogP contribution in [0.25, 0.3) is 11.1 Å². The first-order valence-electron chi connectivity index (χ1n) is 8.93. The van der Waals surface area contributed by atoms with Crippen molar-refractivity contribution in [3.05, 3.63) is 36.7 Å². The minimum atomic E-state index is -0.868. The molecule has 1 saturated heterocycles. The number of rotatable bonds is 5. The molecule has 0 saturated carbocycles. The van der Waals surface area contributed by atoms with Crippen molar-refractivity contribution in [2.75, 3.05) is 32.1 Å². The monoisotopic (exact) mass is 386 g/mol. The van der Waals surface area contributed by atoms with Crippen LogP contribution >= 0.6 is 0 Å². The van der Waals surface area contributed by atoms with Gasteiger partial charge in [0.1, 0.15) is 0 Å². The molecule has 2 N–H and O–H groups in total. The Morgan fingerprint density at radius 1 is 1.14 bits per heavy atom. The van der Waals surface area contributed by atoms with Gasteiger partial charge in [-0.3, -0.25) is 5.32 Å². The highest BCUT2D eigenvalue weighted by Gasteiger charge is 2.22. The lowest BCUT2D eigenvalue weighted by Crippen LogP contribution is -2.38.